The summed E-state index contributed by atoms with van der Waals surface area (Å²) in [6, 6.07) is 15.5. The largest absolute Gasteiger partial charge is 0.322 e. The van der Waals surface area contributed by atoms with Gasteiger partial charge in [-0.25, -0.2) is 8.42 Å². The van der Waals surface area contributed by atoms with E-state index in [4.69, 9.17) is 11.6 Å². The summed E-state index contributed by atoms with van der Waals surface area (Å²) in [5, 5.41) is 3.36. The van der Waals surface area contributed by atoms with Crippen LogP contribution in [0, 0.1) is 0 Å². The van der Waals surface area contributed by atoms with Gasteiger partial charge in [-0.05, 0) is 64.0 Å². The van der Waals surface area contributed by atoms with E-state index in [0.717, 1.165) is 0 Å². The molecule has 0 saturated heterocycles. The number of anilines is 1. The predicted molar refractivity (Wildman–Crippen MR) is 115 cm³/mol. The van der Waals surface area contributed by atoms with Crippen LogP contribution in [-0.2, 0) is 15.6 Å². The van der Waals surface area contributed by atoms with Crippen molar-refractivity contribution in [3.63, 3.8) is 0 Å². The van der Waals surface area contributed by atoms with Crippen LogP contribution in [0.5, 0.6) is 0 Å². The van der Waals surface area contributed by atoms with Gasteiger partial charge in [-0.15, -0.1) is 0 Å². The Hall–Kier alpha value is -2.22. The molecule has 0 unspecified atom stereocenters. The standard InChI is InChI=1S/C20H16BrClN2O3S/c1-28(26,27)12-13-5-7-15(17(21)10-13)20(25)24-14-6-8-18(22)16(11-14)19-4-2-3-9-23-19/h2-11H,12H2,1H3,(H,24,25). The van der Waals surface area contributed by atoms with Gasteiger partial charge in [-0.1, -0.05) is 23.7 Å². The normalized spacial score (nSPS) is 11.2. The molecule has 28 heavy (non-hydrogen) atoms. The van der Waals surface area contributed by atoms with E-state index < -0.39 is 9.84 Å². The lowest BCUT2D eigenvalue weighted by molar-refractivity contribution is 0.102. The molecule has 0 radical (unpaired) electrons. The van der Waals surface area contributed by atoms with Crippen molar-refractivity contribution >= 4 is 49.0 Å². The van der Waals surface area contributed by atoms with Gasteiger partial charge in [0, 0.05) is 28.2 Å². The quantitative estimate of drug-likeness (QED) is 0.561. The zero-order valence-electron chi connectivity index (χ0n) is 14.8. The number of hydrogen-bond donors (Lipinski definition) is 1. The number of amides is 1. The lowest BCUT2D eigenvalue weighted by Crippen LogP contribution is -2.13. The van der Waals surface area contributed by atoms with E-state index in [1.807, 2.05) is 18.2 Å². The van der Waals surface area contributed by atoms with Gasteiger partial charge in [0.2, 0.25) is 0 Å². The molecule has 0 aliphatic rings. The first-order valence-electron chi connectivity index (χ1n) is 8.21. The van der Waals surface area contributed by atoms with E-state index >= 15 is 0 Å². The molecule has 1 heterocycles. The predicted octanol–water partition coefficient (Wildman–Crippen LogP) is 4.96. The van der Waals surface area contributed by atoms with Crippen LogP contribution in [0.2, 0.25) is 5.02 Å². The number of hydrogen-bond acceptors (Lipinski definition) is 4. The lowest BCUT2D eigenvalue weighted by Gasteiger charge is -2.11. The maximum atomic E-state index is 12.7. The molecule has 0 aliphatic heterocycles. The van der Waals surface area contributed by atoms with E-state index in [-0.39, 0.29) is 11.7 Å². The SMILES string of the molecule is CS(=O)(=O)Cc1ccc(C(=O)Nc2ccc(Cl)c(-c3ccccn3)c2)c(Br)c1. The molecule has 1 N–H and O–H groups in total. The van der Waals surface area contributed by atoms with E-state index in [9.17, 15) is 13.2 Å². The topological polar surface area (TPSA) is 76.1 Å². The maximum absolute atomic E-state index is 12.7. The summed E-state index contributed by atoms with van der Waals surface area (Å²) in [4.78, 5) is 16.9. The Labute approximate surface area is 176 Å². The molecular formula is C20H16BrClN2O3S. The highest BCUT2D eigenvalue weighted by molar-refractivity contribution is 9.10. The van der Waals surface area contributed by atoms with E-state index in [1.54, 1.807) is 42.6 Å². The number of nitrogens with zero attached hydrogens (tertiary/aromatic N) is 1. The summed E-state index contributed by atoms with van der Waals surface area (Å²) in [6.45, 7) is 0. The zero-order valence-corrected chi connectivity index (χ0v) is 18.0. The first kappa shape index (κ1) is 20.5. The van der Waals surface area contributed by atoms with Crippen LogP contribution in [0.4, 0.5) is 5.69 Å². The van der Waals surface area contributed by atoms with Crippen molar-refractivity contribution in [3.05, 3.63) is 81.4 Å². The molecule has 3 aromatic rings. The third kappa shape index (κ3) is 5.19. The summed E-state index contributed by atoms with van der Waals surface area (Å²) in [7, 11) is -3.15. The van der Waals surface area contributed by atoms with Crippen LogP contribution in [0.25, 0.3) is 11.3 Å². The van der Waals surface area contributed by atoms with Crippen molar-refractivity contribution in [3.8, 4) is 11.3 Å². The van der Waals surface area contributed by atoms with Crippen molar-refractivity contribution in [2.75, 3.05) is 11.6 Å². The molecule has 5 nitrogen and oxygen atoms in total. The Morgan fingerprint density at radius 3 is 2.57 bits per heavy atom. The van der Waals surface area contributed by atoms with Gasteiger partial charge in [0.1, 0.15) is 0 Å². The number of nitrogens with one attached hydrogen (secondary N) is 1. The molecule has 3 rings (SSSR count). The van der Waals surface area contributed by atoms with Crippen LogP contribution < -0.4 is 5.32 Å². The summed E-state index contributed by atoms with van der Waals surface area (Å²) < 4.78 is 23.4. The van der Waals surface area contributed by atoms with Gasteiger partial charge >= 0.3 is 0 Å². The number of carbonyl (C=O) groups is 1. The van der Waals surface area contributed by atoms with Crippen molar-refractivity contribution in [2.45, 2.75) is 5.75 Å². The number of benzene rings is 2. The van der Waals surface area contributed by atoms with Crippen molar-refractivity contribution in [1.29, 1.82) is 0 Å². The first-order valence-corrected chi connectivity index (χ1v) is 11.4. The maximum Gasteiger partial charge on any atom is 0.256 e. The number of pyridine rings is 1. The summed E-state index contributed by atoms with van der Waals surface area (Å²) in [5.41, 5.74) is 2.99. The number of halogens is 2. The molecule has 8 heteroatoms. The Balaban J connectivity index is 1.84. The van der Waals surface area contributed by atoms with Crippen molar-refractivity contribution < 1.29 is 13.2 Å². The molecule has 0 aliphatic carbocycles. The third-order valence-corrected chi connectivity index (χ3v) is 5.72. The van der Waals surface area contributed by atoms with Crippen LogP contribution in [-0.4, -0.2) is 25.6 Å². The van der Waals surface area contributed by atoms with Crippen molar-refractivity contribution in [1.82, 2.24) is 4.98 Å². The average molecular weight is 480 g/mol. The third-order valence-electron chi connectivity index (χ3n) is 3.87. The Kier molecular flexibility index (Phi) is 6.17. The zero-order chi connectivity index (χ0) is 20.3. The second-order valence-electron chi connectivity index (χ2n) is 6.25. The summed E-state index contributed by atoms with van der Waals surface area (Å²) >= 11 is 9.62. The minimum absolute atomic E-state index is 0.0852. The highest BCUT2D eigenvalue weighted by Gasteiger charge is 2.14. The molecular weight excluding hydrogens is 464 g/mol. The Morgan fingerprint density at radius 2 is 1.93 bits per heavy atom. The van der Waals surface area contributed by atoms with E-state index in [2.05, 4.69) is 26.2 Å². The Bertz CT molecular complexity index is 1140. The molecule has 2 aromatic carbocycles. The molecule has 0 spiro atoms. The molecule has 1 amide bonds. The van der Waals surface area contributed by atoms with Crippen molar-refractivity contribution in [2.24, 2.45) is 0 Å². The van der Waals surface area contributed by atoms with Crippen LogP contribution >= 0.6 is 27.5 Å². The second kappa shape index (κ2) is 8.43. The summed E-state index contributed by atoms with van der Waals surface area (Å²) in [6.07, 6.45) is 2.84. The highest BCUT2D eigenvalue weighted by atomic mass is 79.9. The van der Waals surface area contributed by atoms with Gasteiger partial charge in [-0.3, -0.25) is 9.78 Å². The second-order valence-corrected chi connectivity index (χ2v) is 9.65. The molecule has 0 saturated carbocycles. The van der Waals surface area contributed by atoms with Gasteiger partial charge in [0.05, 0.1) is 22.0 Å². The summed E-state index contributed by atoms with van der Waals surface area (Å²) in [5.74, 6) is -0.412. The van der Waals surface area contributed by atoms with Gasteiger partial charge in [-0.2, -0.15) is 0 Å². The minimum Gasteiger partial charge on any atom is -0.322 e. The molecule has 1 aromatic heterocycles. The fourth-order valence-corrected chi connectivity index (χ4v) is 4.26. The first-order chi connectivity index (χ1) is 13.2. The minimum atomic E-state index is -3.15. The smallest absolute Gasteiger partial charge is 0.256 e. The molecule has 0 atom stereocenters. The fourth-order valence-electron chi connectivity index (χ4n) is 2.66. The molecule has 0 fully saturated rings. The molecule has 0 bridgehead atoms. The average Bonchev–Trinajstić information content (AvgIpc) is 2.62. The van der Waals surface area contributed by atoms with Crippen LogP contribution in [0.1, 0.15) is 15.9 Å². The number of aromatic nitrogens is 1. The van der Waals surface area contributed by atoms with Crippen LogP contribution in [0.3, 0.4) is 0 Å². The van der Waals surface area contributed by atoms with Crippen LogP contribution in [0.15, 0.2) is 65.3 Å². The number of rotatable bonds is 5. The number of sulfone groups is 1. The van der Waals surface area contributed by atoms with Gasteiger partial charge < -0.3 is 5.32 Å². The number of carbonyl (C=O) groups excluding carboxylic acids is 1. The highest BCUT2D eigenvalue weighted by Crippen LogP contribution is 2.30. The monoisotopic (exact) mass is 478 g/mol. The van der Waals surface area contributed by atoms with E-state index in [1.165, 1.54) is 6.26 Å². The van der Waals surface area contributed by atoms with Gasteiger partial charge in [0.15, 0.2) is 9.84 Å². The van der Waals surface area contributed by atoms with E-state index in [0.29, 0.717) is 37.6 Å². The van der Waals surface area contributed by atoms with Gasteiger partial charge in [0.25, 0.3) is 5.91 Å². The molecule has 144 valence electrons. The lowest BCUT2D eigenvalue weighted by atomic mass is 10.1. The fraction of sp³-hybridized carbons (Fsp3) is 0.100. The Morgan fingerprint density at radius 1 is 1.14 bits per heavy atom.